The van der Waals surface area contributed by atoms with Gasteiger partial charge in [0, 0.05) is 17.1 Å². The Morgan fingerprint density at radius 3 is 2.94 bits per heavy atom. The number of hydrogen-bond acceptors (Lipinski definition) is 2. The minimum Gasteiger partial charge on any atom is -0.465 e. The van der Waals surface area contributed by atoms with Crippen LogP contribution in [-0.4, -0.2) is 17.6 Å². The number of nitrogens with one attached hydrogen (secondary N) is 1. The summed E-state index contributed by atoms with van der Waals surface area (Å²) in [4.78, 5) is 14.8. The molecule has 0 aliphatic carbocycles. The van der Waals surface area contributed by atoms with Gasteiger partial charge in [-0.15, -0.1) is 0 Å². The van der Waals surface area contributed by atoms with E-state index in [1.807, 2.05) is 30.5 Å². The Balaban J connectivity index is 1.91. The lowest BCUT2D eigenvalue weighted by Crippen LogP contribution is -2.08. The maximum absolute atomic E-state index is 11.7. The summed E-state index contributed by atoms with van der Waals surface area (Å²) >= 11 is 0. The van der Waals surface area contributed by atoms with Crippen LogP contribution in [0.4, 0.5) is 0 Å². The highest BCUT2D eigenvalue weighted by molar-refractivity contribution is 5.87. The summed E-state index contributed by atoms with van der Waals surface area (Å²) in [6, 6.07) is 7.98. The molecule has 0 unspecified atom stereocenters. The van der Waals surface area contributed by atoms with E-state index < -0.39 is 0 Å². The summed E-state index contributed by atoms with van der Waals surface area (Å²) in [5.74, 6) is -0.143. The molecule has 96 valence electrons. The number of ether oxygens (including phenoxy) is 1. The third-order valence-corrected chi connectivity index (χ3v) is 3.02. The number of rotatable bonds is 6. The predicted molar refractivity (Wildman–Crippen MR) is 72.5 cm³/mol. The molecular weight excluding hydrogens is 226 g/mol. The fourth-order valence-corrected chi connectivity index (χ4v) is 2.02. The van der Waals surface area contributed by atoms with Crippen molar-refractivity contribution >= 4 is 16.9 Å². The molecule has 0 spiro atoms. The first-order valence-corrected chi connectivity index (χ1v) is 6.52. The van der Waals surface area contributed by atoms with E-state index in [1.165, 1.54) is 0 Å². The highest BCUT2D eigenvalue weighted by atomic mass is 16.5. The van der Waals surface area contributed by atoms with Crippen molar-refractivity contribution in [1.29, 1.82) is 0 Å². The molecule has 1 N–H and O–H groups in total. The zero-order chi connectivity index (χ0) is 12.8. The van der Waals surface area contributed by atoms with E-state index in [0.29, 0.717) is 13.0 Å². The molecule has 0 radical (unpaired) electrons. The second kappa shape index (κ2) is 6.24. The monoisotopic (exact) mass is 245 g/mol. The van der Waals surface area contributed by atoms with Crippen LogP contribution in [0.25, 0.3) is 10.9 Å². The van der Waals surface area contributed by atoms with Crippen molar-refractivity contribution in [3.8, 4) is 0 Å². The standard InChI is InChI=1S/C15H19NO2/c1-2-3-6-9-18-15(17)10-12-11-16-14-8-5-4-7-13(12)14/h4-5,7-8,11,16H,2-3,6,9-10H2,1H3. The van der Waals surface area contributed by atoms with Crippen molar-refractivity contribution < 1.29 is 9.53 Å². The van der Waals surface area contributed by atoms with Crippen LogP contribution in [-0.2, 0) is 16.0 Å². The first-order valence-electron chi connectivity index (χ1n) is 6.52. The third kappa shape index (κ3) is 3.13. The van der Waals surface area contributed by atoms with Gasteiger partial charge in [0.15, 0.2) is 0 Å². The fourth-order valence-electron chi connectivity index (χ4n) is 2.02. The minimum atomic E-state index is -0.143. The van der Waals surface area contributed by atoms with Gasteiger partial charge in [0.25, 0.3) is 0 Å². The Labute approximate surface area is 107 Å². The normalized spacial score (nSPS) is 10.7. The molecule has 18 heavy (non-hydrogen) atoms. The molecule has 2 rings (SSSR count). The number of para-hydroxylation sites is 1. The maximum atomic E-state index is 11.7. The van der Waals surface area contributed by atoms with Crippen LogP contribution in [0.5, 0.6) is 0 Å². The van der Waals surface area contributed by atoms with E-state index in [4.69, 9.17) is 4.74 Å². The van der Waals surface area contributed by atoms with Crippen LogP contribution in [0.15, 0.2) is 30.5 Å². The van der Waals surface area contributed by atoms with Gasteiger partial charge in [0.1, 0.15) is 0 Å². The summed E-state index contributed by atoms with van der Waals surface area (Å²) in [6.45, 7) is 2.67. The smallest absolute Gasteiger partial charge is 0.310 e. The Morgan fingerprint density at radius 2 is 2.11 bits per heavy atom. The molecular formula is C15H19NO2. The van der Waals surface area contributed by atoms with E-state index in [1.54, 1.807) is 0 Å². The Kier molecular flexibility index (Phi) is 4.40. The Morgan fingerprint density at radius 1 is 1.28 bits per heavy atom. The van der Waals surface area contributed by atoms with E-state index >= 15 is 0 Å². The van der Waals surface area contributed by atoms with Crippen LogP contribution in [0.2, 0.25) is 0 Å². The molecule has 1 aromatic carbocycles. The summed E-state index contributed by atoms with van der Waals surface area (Å²) < 4.78 is 5.21. The van der Waals surface area contributed by atoms with Gasteiger partial charge in [-0.25, -0.2) is 0 Å². The largest absolute Gasteiger partial charge is 0.465 e. The lowest BCUT2D eigenvalue weighted by molar-refractivity contribution is -0.142. The number of unbranched alkanes of at least 4 members (excludes halogenated alkanes) is 2. The SMILES string of the molecule is CCCCCOC(=O)Cc1c[nH]c2ccccc12. The lowest BCUT2D eigenvalue weighted by Gasteiger charge is -2.03. The van der Waals surface area contributed by atoms with Gasteiger partial charge in [0.05, 0.1) is 13.0 Å². The average Bonchev–Trinajstić information content (AvgIpc) is 2.78. The predicted octanol–water partition coefficient (Wildman–Crippen LogP) is 3.44. The number of benzene rings is 1. The van der Waals surface area contributed by atoms with E-state index in [-0.39, 0.29) is 5.97 Å². The fraction of sp³-hybridized carbons (Fsp3) is 0.400. The van der Waals surface area contributed by atoms with E-state index in [2.05, 4.69) is 11.9 Å². The van der Waals surface area contributed by atoms with Crippen molar-refractivity contribution in [3.05, 3.63) is 36.0 Å². The van der Waals surface area contributed by atoms with Crippen molar-refractivity contribution in [2.45, 2.75) is 32.6 Å². The highest BCUT2D eigenvalue weighted by Gasteiger charge is 2.09. The number of aromatic nitrogens is 1. The van der Waals surface area contributed by atoms with Crippen molar-refractivity contribution in [1.82, 2.24) is 4.98 Å². The molecule has 0 aliphatic heterocycles. The first-order chi connectivity index (χ1) is 8.81. The molecule has 3 heteroatoms. The Bertz CT molecular complexity index is 516. The number of esters is 1. The van der Waals surface area contributed by atoms with Gasteiger partial charge in [0.2, 0.25) is 0 Å². The number of H-pyrrole nitrogens is 1. The summed E-state index contributed by atoms with van der Waals surface area (Å²) in [6.07, 6.45) is 5.44. The lowest BCUT2D eigenvalue weighted by atomic mass is 10.1. The van der Waals surface area contributed by atoms with Crippen molar-refractivity contribution in [2.24, 2.45) is 0 Å². The maximum Gasteiger partial charge on any atom is 0.310 e. The number of carbonyl (C=O) groups is 1. The molecule has 0 saturated heterocycles. The van der Waals surface area contributed by atoms with E-state index in [0.717, 1.165) is 35.7 Å². The van der Waals surface area contributed by atoms with Gasteiger partial charge >= 0.3 is 5.97 Å². The van der Waals surface area contributed by atoms with E-state index in [9.17, 15) is 4.79 Å². The average molecular weight is 245 g/mol. The van der Waals surface area contributed by atoms with Crippen LogP contribution >= 0.6 is 0 Å². The van der Waals surface area contributed by atoms with Crippen molar-refractivity contribution in [2.75, 3.05) is 6.61 Å². The van der Waals surface area contributed by atoms with Crippen molar-refractivity contribution in [3.63, 3.8) is 0 Å². The van der Waals surface area contributed by atoms with Crippen LogP contribution in [0.1, 0.15) is 31.7 Å². The van der Waals surface area contributed by atoms with Gasteiger partial charge < -0.3 is 9.72 Å². The second-order valence-electron chi connectivity index (χ2n) is 4.46. The van der Waals surface area contributed by atoms with Crippen LogP contribution in [0, 0.1) is 0 Å². The number of carbonyl (C=O) groups excluding carboxylic acids is 1. The summed E-state index contributed by atoms with van der Waals surface area (Å²) in [5, 5.41) is 1.10. The Hall–Kier alpha value is -1.77. The first kappa shape index (κ1) is 12.7. The van der Waals surface area contributed by atoms with Crippen LogP contribution in [0.3, 0.4) is 0 Å². The zero-order valence-corrected chi connectivity index (χ0v) is 10.7. The van der Waals surface area contributed by atoms with Crippen LogP contribution < -0.4 is 0 Å². The molecule has 0 bridgehead atoms. The molecule has 0 saturated carbocycles. The quantitative estimate of drug-likeness (QED) is 0.625. The molecule has 1 heterocycles. The molecule has 0 amide bonds. The minimum absolute atomic E-state index is 0.143. The number of hydrogen-bond donors (Lipinski definition) is 1. The highest BCUT2D eigenvalue weighted by Crippen LogP contribution is 2.18. The number of aromatic amines is 1. The molecule has 3 nitrogen and oxygen atoms in total. The van der Waals surface area contributed by atoms with Gasteiger partial charge in [-0.2, -0.15) is 0 Å². The second-order valence-corrected chi connectivity index (χ2v) is 4.46. The summed E-state index contributed by atoms with van der Waals surface area (Å²) in [7, 11) is 0. The zero-order valence-electron chi connectivity index (χ0n) is 10.7. The van der Waals surface area contributed by atoms with Gasteiger partial charge in [-0.3, -0.25) is 4.79 Å². The topological polar surface area (TPSA) is 42.1 Å². The van der Waals surface area contributed by atoms with Gasteiger partial charge in [-0.1, -0.05) is 38.0 Å². The molecule has 0 atom stereocenters. The molecule has 0 fully saturated rings. The molecule has 0 aliphatic rings. The van der Waals surface area contributed by atoms with Gasteiger partial charge in [-0.05, 0) is 18.1 Å². The summed E-state index contributed by atoms with van der Waals surface area (Å²) in [5.41, 5.74) is 2.07. The third-order valence-electron chi connectivity index (χ3n) is 3.02. The molecule has 2 aromatic rings. The molecule has 1 aromatic heterocycles. The number of fused-ring (bicyclic) bond motifs is 1.